The zero-order valence-corrected chi connectivity index (χ0v) is 15.1. The van der Waals surface area contributed by atoms with Gasteiger partial charge in [0, 0.05) is 31.0 Å². The van der Waals surface area contributed by atoms with Gasteiger partial charge >= 0.3 is 5.69 Å². The maximum Gasteiger partial charge on any atom is 0.330 e. The van der Waals surface area contributed by atoms with Crippen LogP contribution in [0.15, 0.2) is 70.4 Å². The van der Waals surface area contributed by atoms with Crippen LogP contribution in [-0.4, -0.2) is 13.7 Å². The fourth-order valence-electron chi connectivity index (χ4n) is 3.23. The molecule has 0 aliphatic heterocycles. The van der Waals surface area contributed by atoms with Crippen LogP contribution in [0.5, 0.6) is 0 Å². The second-order valence-electron chi connectivity index (χ2n) is 6.16. The fourth-order valence-corrected chi connectivity index (χ4v) is 3.35. The summed E-state index contributed by atoms with van der Waals surface area (Å²) in [7, 11) is 3.17. The monoisotopic (exact) mass is 365 g/mol. The smallest absolute Gasteiger partial charge is 0.314 e. The van der Waals surface area contributed by atoms with Gasteiger partial charge in [0.05, 0.1) is 16.6 Å². The lowest BCUT2D eigenvalue weighted by molar-refractivity contribution is 0.714. The third kappa shape index (κ3) is 2.40. The fraction of sp³-hybridized carbons (Fsp3) is 0.100. The second-order valence-corrected chi connectivity index (χ2v) is 6.59. The molecule has 2 heterocycles. The summed E-state index contributed by atoms with van der Waals surface area (Å²) < 4.78 is 4.56. The minimum absolute atomic E-state index is 0.310. The summed E-state index contributed by atoms with van der Waals surface area (Å²) in [5.41, 5.74) is 2.43. The van der Waals surface area contributed by atoms with E-state index >= 15 is 0 Å². The number of nitrogens with zero attached hydrogens (tertiary/aromatic N) is 3. The third-order valence-corrected chi connectivity index (χ3v) is 4.84. The number of aromatic nitrogens is 3. The van der Waals surface area contributed by atoms with E-state index in [1.54, 1.807) is 19.2 Å². The van der Waals surface area contributed by atoms with Crippen molar-refractivity contribution < 1.29 is 0 Å². The zero-order chi connectivity index (χ0) is 18.4. The molecule has 0 aliphatic carbocycles. The Kier molecular flexibility index (Phi) is 3.81. The Morgan fingerprint density at radius 1 is 0.846 bits per heavy atom. The molecule has 0 fully saturated rings. The highest BCUT2D eigenvalue weighted by Crippen LogP contribution is 2.31. The standard InChI is InChI=1S/C20H16ClN3O2/c1-22-16-12-24(15-10-8-14(21)9-11-15)18(13-6-4-3-5-7-13)17(16)19(25)23(2)20(22)26/h3-12H,1-2H3. The zero-order valence-electron chi connectivity index (χ0n) is 14.3. The molecule has 2 aromatic carbocycles. The van der Waals surface area contributed by atoms with Gasteiger partial charge in [-0.3, -0.25) is 13.9 Å². The molecule has 0 aliphatic rings. The summed E-state index contributed by atoms with van der Waals surface area (Å²) >= 11 is 6.02. The number of hydrogen-bond acceptors (Lipinski definition) is 2. The predicted molar refractivity (Wildman–Crippen MR) is 104 cm³/mol. The van der Waals surface area contributed by atoms with E-state index in [0.29, 0.717) is 15.9 Å². The highest BCUT2D eigenvalue weighted by Gasteiger charge is 2.19. The first-order chi connectivity index (χ1) is 12.5. The molecule has 0 bridgehead atoms. The van der Waals surface area contributed by atoms with Crippen molar-refractivity contribution in [2.45, 2.75) is 0 Å². The summed E-state index contributed by atoms with van der Waals surface area (Å²) in [6.07, 6.45) is 1.82. The molecule has 6 heteroatoms. The van der Waals surface area contributed by atoms with Gasteiger partial charge < -0.3 is 4.57 Å². The van der Waals surface area contributed by atoms with Crippen LogP contribution in [0.3, 0.4) is 0 Å². The van der Waals surface area contributed by atoms with Gasteiger partial charge in [0.2, 0.25) is 0 Å². The Morgan fingerprint density at radius 2 is 1.50 bits per heavy atom. The lowest BCUT2D eigenvalue weighted by atomic mass is 10.1. The van der Waals surface area contributed by atoms with Crippen LogP contribution in [-0.2, 0) is 14.1 Å². The highest BCUT2D eigenvalue weighted by atomic mass is 35.5. The quantitative estimate of drug-likeness (QED) is 0.547. The molecule has 130 valence electrons. The van der Waals surface area contributed by atoms with E-state index < -0.39 is 0 Å². The Hall–Kier alpha value is -3.05. The number of aryl methyl sites for hydroxylation is 1. The van der Waals surface area contributed by atoms with E-state index in [0.717, 1.165) is 21.5 Å². The van der Waals surface area contributed by atoms with Gasteiger partial charge in [-0.05, 0) is 29.8 Å². The number of halogens is 1. The average Bonchev–Trinajstić information content (AvgIpc) is 3.06. The van der Waals surface area contributed by atoms with Gasteiger partial charge in [-0.2, -0.15) is 0 Å². The number of hydrogen-bond donors (Lipinski definition) is 0. The van der Waals surface area contributed by atoms with Crippen molar-refractivity contribution in [3.63, 3.8) is 0 Å². The highest BCUT2D eigenvalue weighted by molar-refractivity contribution is 6.30. The molecule has 26 heavy (non-hydrogen) atoms. The molecule has 5 nitrogen and oxygen atoms in total. The minimum Gasteiger partial charge on any atom is -0.314 e. The molecule has 0 amide bonds. The molecule has 0 saturated heterocycles. The van der Waals surface area contributed by atoms with Crippen LogP contribution in [0.2, 0.25) is 5.02 Å². The van der Waals surface area contributed by atoms with Gasteiger partial charge in [0.25, 0.3) is 5.56 Å². The summed E-state index contributed by atoms with van der Waals surface area (Å²) in [6, 6.07) is 17.0. The molecule has 0 spiro atoms. The van der Waals surface area contributed by atoms with Crippen molar-refractivity contribution in [2.24, 2.45) is 14.1 Å². The SMILES string of the molecule is Cn1c(=O)c2c(-c3ccccc3)n(-c3ccc(Cl)cc3)cc2n(C)c1=O. The second kappa shape index (κ2) is 6.04. The average molecular weight is 366 g/mol. The predicted octanol–water partition coefficient (Wildman–Crippen LogP) is 3.35. The minimum atomic E-state index is -0.352. The van der Waals surface area contributed by atoms with E-state index in [-0.39, 0.29) is 11.2 Å². The van der Waals surface area contributed by atoms with Gasteiger partial charge in [-0.15, -0.1) is 0 Å². The molecule has 2 aromatic heterocycles. The number of rotatable bonds is 2. The van der Waals surface area contributed by atoms with E-state index in [1.165, 1.54) is 11.6 Å². The third-order valence-electron chi connectivity index (χ3n) is 4.59. The summed E-state index contributed by atoms with van der Waals surface area (Å²) in [4.78, 5) is 25.3. The first-order valence-electron chi connectivity index (χ1n) is 8.11. The molecule has 0 radical (unpaired) electrons. The van der Waals surface area contributed by atoms with Crippen LogP contribution in [0, 0.1) is 0 Å². The van der Waals surface area contributed by atoms with Gasteiger partial charge in [0.15, 0.2) is 0 Å². The topological polar surface area (TPSA) is 48.9 Å². The van der Waals surface area contributed by atoms with Crippen LogP contribution in [0.25, 0.3) is 27.8 Å². The molecular weight excluding hydrogens is 350 g/mol. The molecule has 0 saturated carbocycles. The Morgan fingerprint density at radius 3 is 2.15 bits per heavy atom. The Labute approximate surface area is 154 Å². The lowest BCUT2D eigenvalue weighted by Gasteiger charge is -2.10. The number of fused-ring (bicyclic) bond motifs is 1. The summed E-state index contributed by atoms with van der Waals surface area (Å²) in [5.74, 6) is 0. The lowest BCUT2D eigenvalue weighted by Crippen LogP contribution is -2.36. The first-order valence-corrected chi connectivity index (χ1v) is 8.49. The van der Waals surface area contributed by atoms with E-state index in [1.807, 2.05) is 53.2 Å². The first kappa shape index (κ1) is 16.4. The molecule has 0 unspecified atom stereocenters. The molecule has 0 N–H and O–H groups in total. The van der Waals surface area contributed by atoms with Crippen molar-refractivity contribution >= 4 is 22.5 Å². The van der Waals surface area contributed by atoms with Crippen molar-refractivity contribution in [3.8, 4) is 16.9 Å². The number of benzene rings is 2. The molecule has 4 rings (SSSR count). The van der Waals surface area contributed by atoms with Crippen LogP contribution in [0.4, 0.5) is 0 Å². The van der Waals surface area contributed by atoms with Gasteiger partial charge in [-0.25, -0.2) is 4.79 Å². The molecule has 0 atom stereocenters. The van der Waals surface area contributed by atoms with Crippen LogP contribution >= 0.6 is 11.6 Å². The summed E-state index contributed by atoms with van der Waals surface area (Å²) in [6.45, 7) is 0. The van der Waals surface area contributed by atoms with E-state index in [9.17, 15) is 9.59 Å². The maximum atomic E-state index is 12.9. The largest absolute Gasteiger partial charge is 0.330 e. The van der Waals surface area contributed by atoms with E-state index in [2.05, 4.69) is 0 Å². The maximum absolute atomic E-state index is 12.9. The van der Waals surface area contributed by atoms with Crippen molar-refractivity contribution in [1.82, 2.24) is 13.7 Å². The van der Waals surface area contributed by atoms with Crippen molar-refractivity contribution in [3.05, 3.63) is 86.7 Å². The van der Waals surface area contributed by atoms with Crippen molar-refractivity contribution in [2.75, 3.05) is 0 Å². The summed E-state index contributed by atoms with van der Waals surface area (Å²) in [5, 5.41) is 1.14. The van der Waals surface area contributed by atoms with Crippen LogP contribution in [0.1, 0.15) is 0 Å². The van der Waals surface area contributed by atoms with Gasteiger partial charge in [-0.1, -0.05) is 41.9 Å². The Bertz CT molecular complexity index is 1230. The molecular formula is C20H16ClN3O2. The van der Waals surface area contributed by atoms with Crippen LogP contribution < -0.4 is 11.2 Å². The van der Waals surface area contributed by atoms with Crippen molar-refractivity contribution in [1.29, 1.82) is 0 Å². The molecule has 4 aromatic rings. The Balaban J connectivity index is 2.20. The van der Waals surface area contributed by atoms with E-state index in [4.69, 9.17) is 11.6 Å². The van der Waals surface area contributed by atoms with Gasteiger partial charge in [0.1, 0.15) is 0 Å². The normalized spacial score (nSPS) is 11.2.